The van der Waals surface area contributed by atoms with Gasteiger partial charge in [-0.2, -0.15) is 0 Å². The van der Waals surface area contributed by atoms with Crippen LogP contribution >= 0.6 is 45.2 Å². The van der Waals surface area contributed by atoms with Crippen LogP contribution in [0.5, 0.6) is 5.75 Å². The summed E-state index contributed by atoms with van der Waals surface area (Å²) in [4.78, 5) is 26.8. The molecule has 108 valence electrons. The Morgan fingerprint density at radius 3 is 2.57 bits per heavy atom. The van der Waals surface area contributed by atoms with Crippen LogP contribution in [-0.2, 0) is 0 Å². The van der Waals surface area contributed by atoms with E-state index >= 15 is 0 Å². The van der Waals surface area contributed by atoms with Gasteiger partial charge in [0.2, 0.25) is 0 Å². The minimum Gasteiger partial charge on any atom is -0.506 e. The van der Waals surface area contributed by atoms with E-state index in [-0.39, 0.29) is 22.8 Å². The topological polar surface area (TPSA) is 99.5 Å². The normalized spacial score (nSPS) is 10.2. The number of nitrogens with zero attached hydrogens (tertiary/aromatic N) is 1. The van der Waals surface area contributed by atoms with Crippen molar-refractivity contribution in [1.29, 1.82) is 0 Å². The molecule has 0 aliphatic carbocycles. The van der Waals surface area contributed by atoms with Crippen LogP contribution in [0.2, 0.25) is 0 Å². The second-order valence-electron chi connectivity index (χ2n) is 3.95. The van der Waals surface area contributed by atoms with Crippen LogP contribution in [-0.4, -0.2) is 27.1 Å². The Kier molecular flexibility index (Phi) is 4.98. The van der Waals surface area contributed by atoms with Gasteiger partial charge in [0.1, 0.15) is 11.6 Å². The van der Waals surface area contributed by atoms with E-state index in [1.54, 1.807) is 6.07 Å². The number of carboxylic acids is 1. The number of carbonyl (C=O) groups excluding carboxylic acids is 1. The van der Waals surface area contributed by atoms with Crippen LogP contribution < -0.4 is 5.32 Å². The number of amides is 1. The zero-order valence-corrected chi connectivity index (χ0v) is 14.6. The Labute approximate surface area is 146 Å². The highest BCUT2D eigenvalue weighted by atomic mass is 127. The highest BCUT2D eigenvalue weighted by Gasteiger charge is 2.16. The fourth-order valence-corrected chi connectivity index (χ4v) is 3.39. The molecule has 0 unspecified atom stereocenters. The highest BCUT2D eigenvalue weighted by molar-refractivity contribution is 14.1. The average molecular weight is 510 g/mol. The summed E-state index contributed by atoms with van der Waals surface area (Å²) in [5, 5.41) is 21.3. The maximum atomic E-state index is 12.2. The number of nitrogens with one attached hydrogen (secondary N) is 1. The molecule has 0 aliphatic rings. The number of hydrogen-bond acceptors (Lipinski definition) is 4. The fourth-order valence-electron chi connectivity index (χ4n) is 1.55. The van der Waals surface area contributed by atoms with Crippen LogP contribution in [0.1, 0.15) is 20.8 Å². The lowest BCUT2D eigenvalue weighted by atomic mass is 10.2. The number of rotatable bonds is 3. The molecule has 21 heavy (non-hydrogen) atoms. The van der Waals surface area contributed by atoms with Crippen molar-refractivity contribution in [2.75, 3.05) is 5.32 Å². The molecule has 0 bridgehead atoms. The lowest BCUT2D eigenvalue weighted by Crippen LogP contribution is -2.15. The number of hydrogen-bond donors (Lipinski definition) is 3. The molecule has 2 aromatic rings. The van der Waals surface area contributed by atoms with Crippen molar-refractivity contribution < 1.29 is 19.8 Å². The first-order valence-electron chi connectivity index (χ1n) is 5.58. The Balaban J connectivity index is 2.30. The molecule has 8 heteroatoms. The van der Waals surface area contributed by atoms with Gasteiger partial charge in [-0.25, -0.2) is 9.78 Å². The van der Waals surface area contributed by atoms with Gasteiger partial charge in [-0.05, 0) is 69.4 Å². The number of carboxylic acid groups (broad SMARTS) is 1. The highest BCUT2D eigenvalue weighted by Crippen LogP contribution is 2.27. The van der Waals surface area contributed by atoms with Crippen molar-refractivity contribution in [3.8, 4) is 5.75 Å². The number of halogens is 2. The summed E-state index contributed by atoms with van der Waals surface area (Å²) in [6.45, 7) is 0. The number of aromatic carboxylic acids is 1. The second kappa shape index (κ2) is 6.56. The summed E-state index contributed by atoms with van der Waals surface area (Å²) in [7, 11) is 0. The molecule has 0 saturated carbocycles. The molecule has 2 rings (SSSR count). The van der Waals surface area contributed by atoms with Gasteiger partial charge >= 0.3 is 5.97 Å². The average Bonchev–Trinajstić information content (AvgIpc) is 2.43. The molecule has 3 N–H and O–H groups in total. The van der Waals surface area contributed by atoms with Gasteiger partial charge in [0.25, 0.3) is 5.91 Å². The van der Waals surface area contributed by atoms with Crippen LogP contribution in [0, 0.1) is 7.14 Å². The van der Waals surface area contributed by atoms with Crippen LogP contribution in [0.3, 0.4) is 0 Å². The standard InChI is InChI=1S/C13H8I2N2O4/c14-6-4-7(11(18)8(15)5-6)12(19)17-10-3-1-2-9(16-10)13(20)21/h1-5,18H,(H,20,21)(H,16,17,19). The summed E-state index contributed by atoms with van der Waals surface area (Å²) in [5.41, 5.74) is -0.0666. The van der Waals surface area contributed by atoms with Crippen molar-refractivity contribution >= 4 is 62.9 Å². The Morgan fingerprint density at radius 1 is 1.19 bits per heavy atom. The van der Waals surface area contributed by atoms with Gasteiger partial charge in [0, 0.05) is 3.57 Å². The van der Waals surface area contributed by atoms with E-state index in [9.17, 15) is 14.7 Å². The summed E-state index contributed by atoms with van der Waals surface area (Å²) in [6, 6.07) is 7.54. The monoisotopic (exact) mass is 510 g/mol. The van der Waals surface area contributed by atoms with E-state index < -0.39 is 11.9 Å². The van der Waals surface area contributed by atoms with E-state index in [0.29, 0.717) is 3.57 Å². The number of aromatic hydroxyl groups is 1. The van der Waals surface area contributed by atoms with E-state index in [2.05, 4.69) is 10.3 Å². The summed E-state index contributed by atoms with van der Waals surface area (Å²) < 4.78 is 1.35. The third-order valence-corrected chi connectivity index (χ3v) is 3.93. The van der Waals surface area contributed by atoms with Crippen molar-refractivity contribution in [1.82, 2.24) is 4.98 Å². The first-order chi connectivity index (χ1) is 9.88. The van der Waals surface area contributed by atoms with E-state index in [4.69, 9.17) is 5.11 Å². The fraction of sp³-hybridized carbons (Fsp3) is 0. The molecule has 0 fully saturated rings. The minimum atomic E-state index is -1.18. The van der Waals surface area contributed by atoms with Crippen molar-refractivity contribution in [3.63, 3.8) is 0 Å². The molecule has 1 aromatic carbocycles. The Bertz CT molecular complexity index is 734. The quantitative estimate of drug-likeness (QED) is 0.552. The maximum absolute atomic E-state index is 12.2. The zero-order valence-electron chi connectivity index (χ0n) is 10.3. The van der Waals surface area contributed by atoms with Crippen LogP contribution in [0.15, 0.2) is 30.3 Å². The number of benzene rings is 1. The molecule has 0 atom stereocenters. The zero-order chi connectivity index (χ0) is 15.6. The number of pyridine rings is 1. The molecule has 1 amide bonds. The van der Waals surface area contributed by atoms with E-state index in [0.717, 1.165) is 3.57 Å². The SMILES string of the molecule is O=C(O)c1cccc(NC(=O)c2cc(I)cc(I)c2O)n1. The van der Waals surface area contributed by atoms with Crippen molar-refractivity contribution in [2.45, 2.75) is 0 Å². The molecular formula is C13H8I2N2O4. The number of phenols is 1. The first kappa shape index (κ1) is 15.9. The molecule has 1 aromatic heterocycles. The largest absolute Gasteiger partial charge is 0.506 e. The number of carbonyl (C=O) groups is 2. The van der Waals surface area contributed by atoms with Gasteiger partial charge in [-0.15, -0.1) is 0 Å². The van der Waals surface area contributed by atoms with Gasteiger partial charge in [0.15, 0.2) is 5.69 Å². The maximum Gasteiger partial charge on any atom is 0.354 e. The predicted molar refractivity (Wildman–Crippen MR) is 92.7 cm³/mol. The summed E-state index contributed by atoms with van der Waals surface area (Å²) in [5.74, 6) is -1.76. The Hall–Kier alpha value is -1.43. The smallest absolute Gasteiger partial charge is 0.354 e. The number of anilines is 1. The summed E-state index contributed by atoms with van der Waals surface area (Å²) >= 11 is 3.96. The molecule has 0 saturated heterocycles. The van der Waals surface area contributed by atoms with Crippen LogP contribution in [0.4, 0.5) is 5.82 Å². The number of phenolic OH excluding ortho intramolecular Hbond substituents is 1. The minimum absolute atomic E-state index is 0.105. The predicted octanol–water partition coefficient (Wildman–Crippen LogP) is 2.95. The van der Waals surface area contributed by atoms with Gasteiger partial charge in [0.05, 0.1) is 9.13 Å². The van der Waals surface area contributed by atoms with Gasteiger partial charge in [-0.1, -0.05) is 6.07 Å². The van der Waals surface area contributed by atoms with Crippen molar-refractivity contribution in [2.24, 2.45) is 0 Å². The third kappa shape index (κ3) is 3.81. The summed E-state index contributed by atoms with van der Waals surface area (Å²) in [6.07, 6.45) is 0. The Morgan fingerprint density at radius 2 is 1.90 bits per heavy atom. The lowest BCUT2D eigenvalue weighted by molar-refractivity contribution is 0.0690. The molecule has 0 spiro atoms. The molecule has 0 radical (unpaired) electrons. The lowest BCUT2D eigenvalue weighted by Gasteiger charge is -2.08. The van der Waals surface area contributed by atoms with E-state index in [1.165, 1.54) is 24.3 Å². The molecule has 0 aliphatic heterocycles. The van der Waals surface area contributed by atoms with Crippen molar-refractivity contribution in [3.05, 3.63) is 48.7 Å². The third-order valence-electron chi connectivity index (χ3n) is 2.48. The van der Waals surface area contributed by atoms with Crippen LogP contribution in [0.25, 0.3) is 0 Å². The molecule has 6 nitrogen and oxygen atoms in total. The first-order valence-corrected chi connectivity index (χ1v) is 7.74. The number of aromatic nitrogens is 1. The molecular weight excluding hydrogens is 502 g/mol. The van der Waals surface area contributed by atoms with Gasteiger partial charge in [-0.3, -0.25) is 4.79 Å². The van der Waals surface area contributed by atoms with Gasteiger partial charge < -0.3 is 15.5 Å². The molecule has 1 heterocycles. The second-order valence-corrected chi connectivity index (χ2v) is 6.36. The van der Waals surface area contributed by atoms with E-state index in [1.807, 2.05) is 45.2 Å².